The molecule has 1 aromatic rings. The minimum atomic E-state index is -4.41. The van der Waals surface area contributed by atoms with Gasteiger partial charge in [-0.05, 0) is 31.5 Å². The topological polar surface area (TPSA) is 29.5 Å². The van der Waals surface area contributed by atoms with E-state index in [0.29, 0.717) is 6.61 Å². The van der Waals surface area contributed by atoms with Crippen LogP contribution in [0.25, 0.3) is 0 Å². The van der Waals surface area contributed by atoms with E-state index in [1.807, 2.05) is 0 Å². The van der Waals surface area contributed by atoms with Gasteiger partial charge in [0.25, 0.3) is 0 Å². The molecule has 0 amide bonds. The molecule has 17 heavy (non-hydrogen) atoms. The van der Waals surface area contributed by atoms with Crippen molar-refractivity contribution in [3.63, 3.8) is 0 Å². The molecule has 0 heterocycles. The Balaban J connectivity index is 2.98. The van der Waals surface area contributed by atoms with E-state index in [1.165, 1.54) is 19.1 Å². The first-order valence-electron chi connectivity index (χ1n) is 5.25. The third-order valence-corrected chi connectivity index (χ3v) is 2.40. The molecule has 1 unspecified atom stereocenters. The first-order valence-corrected chi connectivity index (χ1v) is 5.25. The van der Waals surface area contributed by atoms with Gasteiger partial charge >= 0.3 is 6.18 Å². The van der Waals surface area contributed by atoms with Crippen molar-refractivity contribution >= 4 is 0 Å². The SMILES string of the molecule is CCOCC(C)(O)c1cccc(C(F)(F)F)c1. The second kappa shape index (κ2) is 5.06. The summed E-state index contributed by atoms with van der Waals surface area (Å²) in [6, 6.07) is 4.64. The lowest BCUT2D eigenvalue weighted by Crippen LogP contribution is -2.28. The van der Waals surface area contributed by atoms with Crippen LogP contribution in [-0.2, 0) is 16.5 Å². The molecule has 0 saturated heterocycles. The van der Waals surface area contributed by atoms with Gasteiger partial charge in [-0.25, -0.2) is 0 Å². The van der Waals surface area contributed by atoms with Crippen LogP contribution in [0.15, 0.2) is 24.3 Å². The van der Waals surface area contributed by atoms with Gasteiger partial charge in [0.05, 0.1) is 12.2 Å². The third-order valence-electron chi connectivity index (χ3n) is 2.40. The van der Waals surface area contributed by atoms with Crippen molar-refractivity contribution < 1.29 is 23.0 Å². The summed E-state index contributed by atoms with van der Waals surface area (Å²) in [7, 11) is 0. The van der Waals surface area contributed by atoms with Crippen LogP contribution in [0.1, 0.15) is 25.0 Å². The summed E-state index contributed by atoms with van der Waals surface area (Å²) < 4.78 is 42.5. The average molecular weight is 248 g/mol. The van der Waals surface area contributed by atoms with E-state index in [9.17, 15) is 18.3 Å². The number of benzene rings is 1. The van der Waals surface area contributed by atoms with Crippen LogP contribution in [0.3, 0.4) is 0 Å². The second-order valence-corrected chi connectivity index (χ2v) is 3.99. The number of halogens is 3. The molecule has 1 aromatic carbocycles. The van der Waals surface area contributed by atoms with E-state index in [1.54, 1.807) is 6.92 Å². The fourth-order valence-electron chi connectivity index (χ4n) is 1.41. The number of hydrogen-bond donors (Lipinski definition) is 1. The van der Waals surface area contributed by atoms with Gasteiger partial charge in [0, 0.05) is 6.61 Å². The van der Waals surface area contributed by atoms with Crippen LogP contribution in [0.2, 0.25) is 0 Å². The normalized spacial score (nSPS) is 15.6. The molecule has 0 aliphatic carbocycles. The maximum atomic E-state index is 12.5. The summed E-state index contributed by atoms with van der Waals surface area (Å²) in [6.45, 7) is 3.54. The quantitative estimate of drug-likeness (QED) is 0.887. The molecule has 1 atom stereocenters. The number of hydrogen-bond acceptors (Lipinski definition) is 2. The zero-order valence-corrected chi connectivity index (χ0v) is 9.71. The van der Waals surface area contributed by atoms with E-state index in [2.05, 4.69) is 0 Å². The molecule has 0 spiro atoms. The zero-order chi connectivity index (χ0) is 13.1. The summed E-state index contributed by atoms with van der Waals surface area (Å²) >= 11 is 0. The molecular weight excluding hydrogens is 233 g/mol. The molecule has 0 radical (unpaired) electrons. The van der Waals surface area contributed by atoms with Crippen molar-refractivity contribution in [3.8, 4) is 0 Å². The Morgan fingerprint density at radius 2 is 1.82 bits per heavy atom. The van der Waals surface area contributed by atoms with E-state index in [-0.39, 0.29) is 12.2 Å². The van der Waals surface area contributed by atoms with Crippen LogP contribution < -0.4 is 0 Å². The Morgan fingerprint density at radius 3 is 2.35 bits per heavy atom. The standard InChI is InChI=1S/C12H15F3O2/c1-3-17-8-11(2,16)9-5-4-6-10(7-9)12(13,14)15/h4-7,16H,3,8H2,1-2H3. The number of alkyl halides is 3. The highest BCUT2D eigenvalue weighted by atomic mass is 19.4. The van der Waals surface area contributed by atoms with Crippen molar-refractivity contribution in [2.45, 2.75) is 25.6 Å². The summed E-state index contributed by atoms with van der Waals surface area (Å²) in [4.78, 5) is 0. The number of aliphatic hydroxyl groups is 1. The molecule has 96 valence electrons. The fourth-order valence-corrected chi connectivity index (χ4v) is 1.41. The van der Waals surface area contributed by atoms with E-state index < -0.39 is 17.3 Å². The molecule has 0 aliphatic rings. The lowest BCUT2D eigenvalue weighted by molar-refractivity contribution is -0.137. The highest BCUT2D eigenvalue weighted by Crippen LogP contribution is 2.32. The number of rotatable bonds is 4. The Kier molecular flexibility index (Phi) is 4.16. The van der Waals surface area contributed by atoms with Gasteiger partial charge in [-0.2, -0.15) is 13.2 Å². The predicted molar refractivity (Wildman–Crippen MR) is 57.5 cm³/mol. The van der Waals surface area contributed by atoms with Crippen LogP contribution >= 0.6 is 0 Å². The van der Waals surface area contributed by atoms with Gasteiger partial charge in [0.1, 0.15) is 5.60 Å². The van der Waals surface area contributed by atoms with Gasteiger partial charge in [-0.3, -0.25) is 0 Å². The van der Waals surface area contributed by atoms with Gasteiger partial charge < -0.3 is 9.84 Å². The highest BCUT2D eigenvalue weighted by molar-refractivity contribution is 5.29. The van der Waals surface area contributed by atoms with E-state index in [4.69, 9.17) is 4.74 Å². The molecule has 1 N–H and O–H groups in total. The zero-order valence-electron chi connectivity index (χ0n) is 9.71. The van der Waals surface area contributed by atoms with Crippen molar-refractivity contribution in [1.82, 2.24) is 0 Å². The van der Waals surface area contributed by atoms with Crippen LogP contribution in [0, 0.1) is 0 Å². The average Bonchev–Trinajstić information content (AvgIpc) is 2.25. The lowest BCUT2D eigenvalue weighted by Gasteiger charge is -2.24. The summed E-state index contributed by atoms with van der Waals surface area (Å²) in [5.74, 6) is 0. The monoisotopic (exact) mass is 248 g/mol. The fraction of sp³-hybridized carbons (Fsp3) is 0.500. The maximum Gasteiger partial charge on any atom is 0.416 e. The molecule has 5 heteroatoms. The summed E-state index contributed by atoms with van der Waals surface area (Å²) in [5, 5.41) is 10.0. The maximum absolute atomic E-state index is 12.5. The van der Waals surface area contributed by atoms with Gasteiger partial charge in [0.2, 0.25) is 0 Å². The van der Waals surface area contributed by atoms with Gasteiger partial charge in [-0.1, -0.05) is 12.1 Å². The Hall–Kier alpha value is -1.07. The van der Waals surface area contributed by atoms with Crippen molar-refractivity contribution in [3.05, 3.63) is 35.4 Å². The second-order valence-electron chi connectivity index (χ2n) is 3.99. The Morgan fingerprint density at radius 1 is 1.24 bits per heavy atom. The molecule has 0 aliphatic heterocycles. The third kappa shape index (κ3) is 3.71. The lowest BCUT2D eigenvalue weighted by atomic mass is 9.95. The van der Waals surface area contributed by atoms with Gasteiger partial charge in [0.15, 0.2) is 0 Å². The minimum absolute atomic E-state index is 0.0369. The molecule has 1 rings (SSSR count). The van der Waals surface area contributed by atoms with Crippen molar-refractivity contribution in [1.29, 1.82) is 0 Å². The van der Waals surface area contributed by atoms with Crippen LogP contribution in [0.4, 0.5) is 13.2 Å². The number of ether oxygens (including phenoxy) is 1. The molecule has 0 bridgehead atoms. The van der Waals surface area contributed by atoms with Crippen LogP contribution in [0.5, 0.6) is 0 Å². The summed E-state index contributed by atoms with van der Waals surface area (Å²) in [5.41, 5.74) is -2.00. The Labute approximate surface area is 98.0 Å². The molecule has 0 aromatic heterocycles. The van der Waals surface area contributed by atoms with E-state index in [0.717, 1.165) is 12.1 Å². The van der Waals surface area contributed by atoms with Crippen molar-refractivity contribution in [2.75, 3.05) is 13.2 Å². The smallest absolute Gasteiger partial charge is 0.383 e. The largest absolute Gasteiger partial charge is 0.416 e. The first-order chi connectivity index (χ1) is 7.77. The van der Waals surface area contributed by atoms with Gasteiger partial charge in [-0.15, -0.1) is 0 Å². The Bertz CT molecular complexity index is 372. The van der Waals surface area contributed by atoms with Crippen molar-refractivity contribution in [2.24, 2.45) is 0 Å². The minimum Gasteiger partial charge on any atom is -0.383 e. The molecule has 0 fully saturated rings. The summed E-state index contributed by atoms with van der Waals surface area (Å²) in [6.07, 6.45) is -4.41. The molecule has 2 nitrogen and oxygen atoms in total. The predicted octanol–water partition coefficient (Wildman–Crippen LogP) is 2.95. The van der Waals surface area contributed by atoms with Crippen LogP contribution in [-0.4, -0.2) is 18.3 Å². The molecular formula is C12H15F3O2. The van der Waals surface area contributed by atoms with E-state index >= 15 is 0 Å². The molecule has 0 saturated carbocycles. The highest BCUT2D eigenvalue weighted by Gasteiger charge is 2.32. The first kappa shape index (κ1) is 14.0.